The molecule has 90 valence electrons. The van der Waals surface area contributed by atoms with Crippen LogP contribution in [-0.2, 0) is 14.6 Å². The number of aliphatic carboxylic acids is 1. The van der Waals surface area contributed by atoms with Crippen LogP contribution in [0, 0.1) is 0 Å². The smallest absolute Gasteiger partial charge is 0.328 e. The molecule has 1 aromatic rings. The van der Waals surface area contributed by atoms with E-state index >= 15 is 0 Å². The number of carboxylic acids is 1. The normalized spacial score (nSPS) is 12.2. The lowest BCUT2D eigenvalue weighted by Gasteiger charge is -1.99. The van der Waals surface area contributed by atoms with Gasteiger partial charge in [-0.25, -0.2) is 13.2 Å². The Labute approximate surface area is 99.8 Å². The van der Waals surface area contributed by atoms with Gasteiger partial charge in [-0.2, -0.15) is 0 Å². The molecule has 1 aromatic carbocycles. The first kappa shape index (κ1) is 13.2. The van der Waals surface area contributed by atoms with E-state index in [9.17, 15) is 13.2 Å². The lowest BCUT2D eigenvalue weighted by atomic mass is 10.4. The zero-order valence-electron chi connectivity index (χ0n) is 8.98. The Morgan fingerprint density at radius 2 is 1.82 bits per heavy atom. The summed E-state index contributed by atoms with van der Waals surface area (Å²) < 4.78 is 23.5. The van der Waals surface area contributed by atoms with E-state index in [4.69, 9.17) is 5.11 Å². The average molecular weight is 252 g/mol. The van der Waals surface area contributed by atoms with Gasteiger partial charge in [0.25, 0.3) is 0 Å². The highest BCUT2D eigenvalue weighted by Gasteiger charge is 2.10. The van der Waals surface area contributed by atoms with Crippen LogP contribution < -0.4 is 0 Å². The minimum Gasteiger partial charge on any atom is -0.478 e. The summed E-state index contributed by atoms with van der Waals surface area (Å²) in [5, 5.41) is 8.31. The van der Waals surface area contributed by atoms with Crippen LogP contribution in [0.3, 0.4) is 0 Å². The van der Waals surface area contributed by atoms with Crippen molar-refractivity contribution >= 4 is 15.8 Å². The second kappa shape index (κ2) is 6.00. The molecule has 0 aliphatic heterocycles. The van der Waals surface area contributed by atoms with Crippen molar-refractivity contribution in [3.63, 3.8) is 0 Å². The number of hydrogen-bond donors (Lipinski definition) is 1. The first-order valence-electron chi connectivity index (χ1n) is 4.86. The molecule has 0 fully saturated rings. The van der Waals surface area contributed by atoms with Gasteiger partial charge in [-0.1, -0.05) is 36.4 Å². The molecule has 0 amide bonds. The molecule has 0 unspecified atom stereocenters. The van der Waals surface area contributed by atoms with Gasteiger partial charge in [0.2, 0.25) is 0 Å². The summed E-state index contributed by atoms with van der Waals surface area (Å²) in [6, 6.07) is 8.10. The fourth-order valence-electron chi connectivity index (χ4n) is 1.12. The molecule has 1 rings (SSSR count). The van der Waals surface area contributed by atoms with Crippen molar-refractivity contribution in [2.75, 3.05) is 5.75 Å². The maximum Gasteiger partial charge on any atom is 0.328 e. The van der Waals surface area contributed by atoms with E-state index in [2.05, 4.69) is 0 Å². The van der Waals surface area contributed by atoms with Crippen molar-refractivity contribution in [3.8, 4) is 0 Å². The Balaban J connectivity index is 2.66. The molecule has 0 radical (unpaired) electrons. The second-order valence-corrected chi connectivity index (χ2v) is 5.25. The van der Waals surface area contributed by atoms with E-state index in [1.54, 1.807) is 18.2 Å². The number of allylic oxidation sites excluding steroid dienone is 2. The summed E-state index contributed by atoms with van der Waals surface area (Å²) >= 11 is 0. The molecule has 5 heteroatoms. The summed E-state index contributed by atoms with van der Waals surface area (Å²) in [5.74, 6) is -1.22. The van der Waals surface area contributed by atoms with Gasteiger partial charge >= 0.3 is 5.97 Å². The lowest BCUT2D eigenvalue weighted by Crippen LogP contribution is -2.04. The minimum atomic E-state index is -3.33. The van der Waals surface area contributed by atoms with Gasteiger partial charge in [0.1, 0.15) is 0 Å². The highest BCUT2D eigenvalue weighted by atomic mass is 32.2. The molecule has 0 aromatic heterocycles. The highest BCUT2D eigenvalue weighted by molar-refractivity contribution is 7.91. The number of carboxylic acid groups (broad SMARTS) is 1. The average Bonchev–Trinajstić information content (AvgIpc) is 2.29. The number of hydrogen-bond acceptors (Lipinski definition) is 3. The van der Waals surface area contributed by atoms with E-state index in [1.807, 2.05) is 0 Å². The third-order valence-electron chi connectivity index (χ3n) is 1.90. The fraction of sp³-hybridized carbons (Fsp3) is 0.0833. The van der Waals surface area contributed by atoms with E-state index < -0.39 is 15.8 Å². The molecule has 0 spiro atoms. The van der Waals surface area contributed by atoms with Crippen LogP contribution in [0.5, 0.6) is 0 Å². The molecule has 0 bridgehead atoms. The molecule has 0 aliphatic rings. The van der Waals surface area contributed by atoms with E-state index in [0.717, 1.165) is 6.08 Å². The zero-order chi connectivity index (χ0) is 12.7. The van der Waals surface area contributed by atoms with E-state index in [0.29, 0.717) is 0 Å². The fourth-order valence-corrected chi connectivity index (χ4v) is 2.25. The molecule has 4 nitrogen and oxygen atoms in total. The van der Waals surface area contributed by atoms with Crippen LogP contribution in [0.4, 0.5) is 0 Å². The summed E-state index contributed by atoms with van der Waals surface area (Å²) in [5.41, 5.74) is 0. The quantitative estimate of drug-likeness (QED) is 0.639. The molecular weight excluding hydrogens is 240 g/mol. The zero-order valence-corrected chi connectivity index (χ0v) is 9.80. The van der Waals surface area contributed by atoms with Gasteiger partial charge in [-0.3, -0.25) is 0 Å². The van der Waals surface area contributed by atoms with Crippen LogP contribution in [0.2, 0.25) is 0 Å². The Morgan fingerprint density at radius 1 is 1.18 bits per heavy atom. The predicted octanol–water partition coefficient (Wildman–Crippen LogP) is 1.66. The maximum atomic E-state index is 11.7. The van der Waals surface area contributed by atoms with Crippen LogP contribution >= 0.6 is 0 Å². The van der Waals surface area contributed by atoms with Gasteiger partial charge in [-0.15, -0.1) is 0 Å². The number of carbonyl (C=O) groups is 1. The SMILES string of the molecule is O=C(O)/C=C/C=C/CS(=O)(=O)c1ccccc1. The predicted molar refractivity (Wildman–Crippen MR) is 64.4 cm³/mol. The molecule has 0 saturated carbocycles. The second-order valence-electron chi connectivity index (χ2n) is 3.22. The summed E-state index contributed by atoms with van der Waals surface area (Å²) in [4.78, 5) is 10.4. The number of rotatable bonds is 5. The van der Waals surface area contributed by atoms with Crippen LogP contribution in [0.25, 0.3) is 0 Å². The van der Waals surface area contributed by atoms with Gasteiger partial charge in [0.15, 0.2) is 9.84 Å². The Morgan fingerprint density at radius 3 is 2.41 bits per heavy atom. The molecular formula is C12H12O4S. The maximum absolute atomic E-state index is 11.7. The van der Waals surface area contributed by atoms with Crippen LogP contribution in [-0.4, -0.2) is 25.2 Å². The van der Waals surface area contributed by atoms with Crippen molar-refractivity contribution in [1.29, 1.82) is 0 Å². The van der Waals surface area contributed by atoms with Crippen molar-refractivity contribution in [1.82, 2.24) is 0 Å². The van der Waals surface area contributed by atoms with Crippen LogP contribution in [0.15, 0.2) is 59.5 Å². The van der Waals surface area contributed by atoms with Crippen molar-refractivity contribution < 1.29 is 18.3 Å². The molecule has 17 heavy (non-hydrogen) atoms. The van der Waals surface area contributed by atoms with Crippen LogP contribution in [0.1, 0.15) is 0 Å². The number of benzene rings is 1. The first-order chi connectivity index (χ1) is 8.02. The van der Waals surface area contributed by atoms with Crippen molar-refractivity contribution in [2.45, 2.75) is 4.90 Å². The molecule has 0 heterocycles. The molecule has 0 aliphatic carbocycles. The third kappa shape index (κ3) is 4.65. The number of sulfone groups is 1. The Hall–Kier alpha value is -1.88. The first-order valence-corrected chi connectivity index (χ1v) is 6.51. The van der Waals surface area contributed by atoms with Crippen molar-refractivity contribution in [3.05, 3.63) is 54.6 Å². The van der Waals surface area contributed by atoms with Gasteiger partial charge in [-0.05, 0) is 12.1 Å². The summed E-state index contributed by atoms with van der Waals surface area (Å²) in [6.45, 7) is 0. The minimum absolute atomic E-state index is 0.152. The summed E-state index contributed by atoms with van der Waals surface area (Å²) in [6.07, 6.45) is 5.02. The Bertz CT molecular complexity index is 527. The van der Waals surface area contributed by atoms with Gasteiger partial charge < -0.3 is 5.11 Å². The third-order valence-corrected chi connectivity index (χ3v) is 3.53. The van der Waals surface area contributed by atoms with E-state index in [1.165, 1.54) is 30.4 Å². The topological polar surface area (TPSA) is 71.4 Å². The van der Waals surface area contributed by atoms with E-state index in [-0.39, 0.29) is 10.6 Å². The Kier molecular flexibility index (Phi) is 4.66. The molecule has 0 atom stereocenters. The highest BCUT2D eigenvalue weighted by Crippen LogP contribution is 2.09. The van der Waals surface area contributed by atoms with Gasteiger partial charge in [0, 0.05) is 6.08 Å². The monoisotopic (exact) mass is 252 g/mol. The van der Waals surface area contributed by atoms with Crippen molar-refractivity contribution in [2.24, 2.45) is 0 Å². The summed E-state index contributed by atoms with van der Waals surface area (Å²) in [7, 11) is -3.33. The van der Waals surface area contributed by atoms with Gasteiger partial charge in [0.05, 0.1) is 10.6 Å². The standard InChI is InChI=1S/C12H12O4S/c13-12(14)9-5-2-6-10-17(15,16)11-7-3-1-4-8-11/h1-9H,10H2,(H,13,14)/b6-2+,9-5+. The molecule has 1 N–H and O–H groups in total. The molecule has 0 saturated heterocycles. The largest absolute Gasteiger partial charge is 0.478 e. The lowest BCUT2D eigenvalue weighted by molar-refractivity contribution is -0.131.